The number of likely N-dealkylation sites (tertiary alicyclic amines) is 2. The van der Waals surface area contributed by atoms with Gasteiger partial charge >= 0.3 is 5.97 Å². The Morgan fingerprint density at radius 2 is 1.62 bits per heavy atom. The standard InChI is InChI=1S/C31H45N7O2/c1-4-27-31(9-15-36(16-10-31)18-23(2)3)17-26(30(39)40)38(27)20-25-7-5-24(6-8-25)19-37(21-28-32-11-12-33-28)22-29-34-13-14-35-29/h5-8,11-14,23,26-27H,4,9-10,15-22H2,1-3H3,(H,32,33)(H,34,35)(H,39,40)/t26-,27?/m0/s1. The summed E-state index contributed by atoms with van der Waals surface area (Å²) in [6.07, 6.45) is 11.2. The zero-order valence-corrected chi connectivity index (χ0v) is 24.2. The van der Waals surface area contributed by atoms with Crippen molar-refractivity contribution < 1.29 is 9.90 Å². The summed E-state index contributed by atoms with van der Waals surface area (Å²) in [6.45, 7) is 12.9. The van der Waals surface area contributed by atoms with E-state index in [9.17, 15) is 9.90 Å². The number of H-pyrrole nitrogens is 2. The van der Waals surface area contributed by atoms with Crippen molar-refractivity contribution in [3.63, 3.8) is 0 Å². The summed E-state index contributed by atoms with van der Waals surface area (Å²) in [5.74, 6) is 1.83. The zero-order valence-electron chi connectivity index (χ0n) is 24.2. The molecule has 4 heterocycles. The maximum atomic E-state index is 12.5. The SMILES string of the molecule is CCC1N(Cc2ccc(CN(Cc3ncc[nH]3)Cc3ncc[nH]3)cc2)[C@H](C(=O)O)CC12CCN(CC(C)C)CC2. The summed E-state index contributed by atoms with van der Waals surface area (Å²) in [4.78, 5) is 34.8. The number of carboxylic acids is 1. The number of aromatic amines is 2. The number of nitrogens with one attached hydrogen (secondary N) is 2. The fourth-order valence-electron chi connectivity index (χ4n) is 7.14. The lowest BCUT2D eigenvalue weighted by molar-refractivity contribution is -0.142. The quantitative estimate of drug-likeness (QED) is 0.306. The number of aromatic nitrogens is 4. The third kappa shape index (κ3) is 6.65. The van der Waals surface area contributed by atoms with E-state index >= 15 is 0 Å². The maximum absolute atomic E-state index is 12.5. The molecule has 1 unspecified atom stereocenters. The number of hydrogen-bond acceptors (Lipinski definition) is 6. The number of imidazole rings is 2. The Kier molecular flexibility index (Phi) is 9.03. The van der Waals surface area contributed by atoms with Gasteiger partial charge in [-0.25, -0.2) is 9.97 Å². The van der Waals surface area contributed by atoms with E-state index in [1.54, 1.807) is 12.4 Å². The molecule has 216 valence electrons. The third-order valence-electron chi connectivity index (χ3n) is 8.91. The number of piperidine rings is 1. The summed E-state index contributed by atoms with van der Waals surface area (Å²) in [5.41, 5.74) is 2.48. The lowest BCUT2D eigenvalue weighted by Crippen LogP contribution is -2.48. The van der Waals surface area contributed by atoms with E-state index in [-0.39, 0.29) is 5.41 Å². The number of aliphatic carboxylic acids is 1. The molecule has 1 spiro atoms. The van der Waals surface area contributed by atoms with Gasteiger partial charge in [0.05, 0.1) is 13.1 Å². The maximum Gasteiger partial charge on any atom is 0.320 e. The lowest BCUT2D eigenvalue weighted by Gasteiger charge is -2.44. The van der Waals surface area contributed by atoms with Crippen LogP contribution in [0.5, 0.6) is 0 Å². The van der Waals surface area contributed by atoms with Crippen LogP contribution >= 0.6 is 0 Å². The Morgan fingerprint density at radius 3 is 2.12 bits per heavy atom. The molecule has 5 rings (SSSR count). The van der Waals surface area contributed by atoms with Crippen LogP contribution in [-0.4, -0.2) is 77.4 Å². The summed E-state index contributed by atoms with van der Waals surface area (Å²) >= 11 is 0. The van der Waals surface area contributed by atoms with Crippen LogP contribution in [0.4, 0.5) is 0 Å². The van der Waals surface area contributed by atoms with Crippen LogP contribution in [0, 0.1) is 11.3 Å². The van der Waals surface area contributed by atoms with Gasteiger partial charge in [0.25, 0.3) is 0 Å². The van der Waals surface area contributed by atoms with E-state index in [2.05, 4.69) is 79.7 Å². The minimum Gasteiger partial charge on any atom is -0.480 e. The molecule has 2 aliphatic rings. The highest BCUT2D eigenvalue weighted by Crippen LogP contribution is 2.50. The molecule has 40 heavy (non-hydrogen) atoms. The lowest BCUT2D eigenvalue weighted by atomic mass is 9.70. The van der Waals surface area contributed by atoms with Crippen LogP contribution in [0.3, 0.4) is 0 Å². The molecule has 3 N–H and O–H groups in total. The predicted molar refractivity (Wildman–Crippen MR) is 155 cm³/mol. The highest BCUT2D eigenvalue weighted by molar-refractivity contribution is 5.74. The van der Waals surface area contributed by atoms with Crippen molar-refractivity contribution >= 4 is 5.97 Å². The van der Waals surface area contributed by atoms with E-state index in [4.69, 9.17) is 0 Å². The topological polar surface area (TPSA) is 104 Å². The Labute approximate surface area is 238 Å². The first-order valence-corrected chi connectivity index (χ1v) is 14.8. The first-order chi connectivity index (χ1) is 19.3. The van der Waals surface area contributed by atoms with Gasteiger partial charge in [-0.05, 0) is 61.2 Å². The van der Waals surface area contributed by atoms with Crippen LogP contribution in [0.15, 0.2) is 49.1 Å². The van der Waals surface area contributed by atoms with Crippen molar-refractivity contribution in [2.75, 3.05) is 19.6 Å². The summed E-state index contributed by atoms with van der Waals surface area (Å²) < 4.78 is 0. The van der Waals surface area contributed by atoms with Gasteiger partial charge in [-0.15, -0.1) is 0 Å². The Hall–Kier alpha value is -3.01. The molecule has 2 atom stereocenters. The Morgan fingerprint density at radius 1 is 1.02 bits per heavy atom. The smallest absolute Gasteiger partial charge is 0.320 e. The zero-order chi connectivity index (χ0) is 28.1. The molecule has 1 aromatic carbocycles. The normalized spacial score (nSPS) is 21.6. The fourth-order valence-corrected chi connectivity index (χ4v) is 7.14. The molecular formula is C31H45N7O2. The van der Waals surface area contributed by atoms with Crippen LogP contribution in [0.2, 0.25) is 0 Å². The molecule has 3 aromatic rings. The molecule has 0 amide bonds. The van der Waals surface area contributed by atoms with Crippen LogP contribution in [-0.2, 0) is 31.0 Å². The van der Waals surface area contributed by atoms with Crippen LogP contribution in [0.25, 0.3) is 0 Å². The van der Waals surface area contributed by atoms with Gasteiger partial charge in [0.1, 0.15) is 17.7 Å². The number of hydrogen-bond donors (Lipinski definition) is 3. The van der Waals surface area contributed by atoms with E-state index in [0.717, 1.165) is 63.5 Å². The van der Waals surface area contributed by atoms with E-state index in [1.165, 1.54) is 11.1 Å². The molecule has 2 aromatic heterocycles. The first-order valence-electron chi connectivity index (χ1n) is 14.8. The van der Waals surface area contributed by atoms with Crippen molar-refractivity contribution in [1.82, 2.24) is 34.6 Å². The molecular weight excluding hydrogens is 502 g/mol. The number of carbonyl (C=O) groups is 1. The van der Waals surface area contributed by atoms with Crippen molar-refractivity contribution in [3.8, 4) is 0 Å². The number of rotatable bonds is 12. The Bertz CT molecular complexity index is 1150. The second-order valence-electron chi connectivity index (χ2n) is 12.2. The molecule has 0 bridgehead atoms. The number of nitrogens with zero attached hydrogens (tertiary/aromatic N) is 5. The first kappa shape index (κ1) is 28.5. The Balaban J connectivity index is 1.26. The van der Waals surface area contributed by atoms with Crippen molar-refractivity contribution in [2.24, 2.45) is 11.3 Å². The van der Waals surface area contributed by atoms with Gasteiger partial charge < -0.3 is 20.0 Å². The molecule has 0 aliphatic carbocycles. The van der Waals surface area contributed by atoms with Crippen LogP contribution < -0.4 is 0 Å². The summed E-state index contributed by atoms with van der Waals surface area (Å²) in [5, 5.41) is 10.2. The molecule has 2 saturated heterocycles. The molecule has 0 saturated carbocycles. The van der Waals surface area contributed by atoms with Gasteiger partial charge in [-0.1, -0.05) is 45.0 Å². The molecule has 0 radical (unpaired) electrons. The van der Waals surface area contributed by atoms with Crippen LogP contribution in [0.1, 0.15) is 69.2 Å². The molecule has 9 heteroatoms. The minimum atomic E-state index is -0.678. The molecule has 2 aliphatic heterocycles. The van der Waals surface area contributed by atoms with Gasteiger partial charge in [0, 0.05) is 50.5 Å². The number of carboxylic acid groups (broad SMARTS) is 1. The van der Waals surface area contributed by atoms with Crippen molar-refractivity contribution in [3.05, 3.63) is 71.8 Å². The van der Waals surface area contributed by atoms with Gasteiger partial charge in [0.2, 0.25) is 0 Å². The predicted octanol–water partition coefficient (Wildman–Crippen LogP) is 4.51. The highest BCUT2D eigenvalue weighted by atomic mass is 16.4. The molecule has 9 nitrogen and oxygen atoms in total. The monoisotopic (exact) mass is 547 g/mol. The van der Waals surface area contributed by atoms with E-state index in [1.807, 2.05) is 12.4 Å². The highest BCUT2D eigenvalue weighted by Gasteiger charge is 2.54. The second kappa shape index (κ2) is 12.7. The summed E-state index contributed by atoms with van der Waals surface area (Å²) in [7, 11) is 0. The fraction of sp³-hybridized carbons (Fsp3) is 0.581. The summed E-state index contributed by atoms with van der Waals surface area (Å²) in [6, 6.07) is 8.59. The van der Waals surface area contributed by atoms with Gasteiger partial charge in [-0.2, -0.15) is 0 Å². The number of benzene rings is 1. The average Bonchev–Trinajstić information content (AvgIpc) is 3.68. The van der Waals surface area contributed by atoms with Gasteiger partial charge in [-0.3, -0.25) is 14.6 Å². The van der Waals surface area contributed by atoms with Crippen molar-refractivity contribution in [2.45, 2.75) is 84.7 Å². The van der Waals surface area contributed by atoms with Gasteiger partial charge in [0.15, 0.2) is 0 Å². The van der Waals surface area contributed by atoms with Crippen molar-refractivity contribution in [1.29, 1.82) is 0 Å². The second-order valence-corrected chi connectivity index (χ2v) is 12.2. The van der Waals surface area contributed by atoms with E-state index in [0.29, 0.717) is 31.6 Å². The van der Waals surface area contributed by atoms with E-state index < -0.39 is 12.0 Å². The molecule has 2 fully saturated rings. The minimum absolute atomic E-state index is 0.101. The third-order valence-corrected chi connectivity index (χ3v) is 8.91. The average molecular weight is 548 g/mol. The largest absolute Gasteiger partial charge is 0.480 e.